The number of para-hydroxylation sites is 1. The van der Waals surface area contributed by atoms with E-state index in [0.29, 0.717) is 18.2 Å². The molecular formula is C20H23FN2O. The number of hydrogen-bond acceptors (Lipinski definition) is 2. The number of amides is 1. The molecule has 1 aliphatic rings. The molecule has 0 aromatic heterocycles. The van der Waals surface area contributed by atoms with Crippen LogP contribution in [0.2, 0.25) is 0 Å². The van der Waals surface area contributed by atoms with E-state index in [0.717, 1.165) is 30.5 Å². The molecule has 0 spiro atoms. The summed E-state index contributed by atoms with van der Waals surface area (Å²) in [5.41, 5.74) is 2.63. The first kappa shape index (κ1) is 16.7. The smallest absolute Gasteiger partial charge is 0.238 e. The highest BCUT2D eigenvalue weighted by Crippen LogP contribution is 2.28. The Morgan fingerprint density at radius 1 is 1.12 bits per heavy atom. The number of nitrogens with one attached hydrogen (secondary N) is 1. The van der Waals surface area contributed by atoms with Gasteiger partial charge in [-0.05, 0) is 37.0 Å². The average Bonchev–Trinajstić information content (AvgIpc) is 3.41. The first-order chi connectivity index (χ1) is 11.7. The van der Waals surface area contributed by atoms with E-state index < -0.39 is 0 Å². The molecule has 1 fully saturated rings. The Bertz CT molecular complexity index is 712. The monoisotopic (exact) mass is 326 g/mol. The molecule has 1 amide bonds. The van der Waals surface area contributed by atoms with Crippen LogP contribution >= 0.6 is 0 Å². The molecule has 1 aliphatic carbocycles. The molecule has 1 N–H and O–H groups in total. The lowest BCUT2D eigenvalue weighted by Crippen LogP contribution is -2.34. The second kappa shape index (κ2) is 7.58. The van der Waals surface area contributed by atoms with Crippen LogP contribution in [0.25, 0.3) is 0 Å². The number of carbonyl (C=O) groups excluding carboxylic acids is 1. The van der Waals surface area contributed by atoms with Gasteiger partial charge in [0.05, 0.1) is 6.54 Å². The summed E-state index contributed by atoms with van der Waals surface area (Å²) in [5, 5.41) is 3.00. The van der Waals surface area contributed by atoms with Crippen molar-refractivity contribution in [3.63, 3.8) is 0 Å². The minimum atomic E-state index is -0.208. The van der Waals surface area contributed by atoms with E-state index in [1.54, 1.807) is 12.1 Å². The summed E-state index contributed by atoms with van der Waals surface area (Å²) in [6.07, 6.45) is 3.03. The van der Waals surface area contributed by atoms with Crippen LogP contribution in [0, 0.1) is 5.82 Å². The second-order valence-corrected chi connectivity index (χ2v) is 6.29. The van der Waals surface area contributed by atoms with Crippen LogP contribution in [0.15, 0.2) is 48.5 Å². The summed E-state index contributed by atoms with van der Waals surface area (Å²) >= 11 is 0. The lowest BCUT2D eigenvalue weighted by molar-refractivity contribution is -0.117. The van der Waals surface area contributed by atoms with Gasteiger partial charge >= 0.3 is 0 Å². The van der Waals surface area contributed by atoms with Gasteiger partial charge in [-0.3, -0.25) is 9.69 Å². The standard InChI is InChI=1S/C20H23FN2O/c1-2-15-7-4-6-10-19(15)22-20(24)14-23(17-11-12-17)13-16-8-3-5-9-18(16)21/h3-10,17H,2,11-14H2,1H3,(H,22,24). The molecule has 0 bridgehead atoms. The average molecular weight is 326 g/mol. The minimum absolute atomic E-state index is 0.0425. The predicted molar refractivity (Wildman–Crippen MR) is 94.3 cm³/mol. The molecule has 24 heavy (non-hydrogen) atoms. The van der Waals surface area contributed by atoms with Crippen molar-refractivity contribution in [2.75, 3.05) is 11.9 Å². The van der Waals surface area contributed by atoms with E-state index in [9.17, 15) is 9.18 Å². The molecule has 0 atom stereocenters. The third kappa shape index (κ3) is 4.20. The maximum Gasteiger partial charge on any atom is 0.238 e. The van der Waals surface area contributed by atoms with Gasteiger partial charge in [-0.1, -0.05) is 43.3 Å². The molecule has 0 heterocycles. The number of carbonyl (C=O) groups is 1. The van der Waals surface area contributed by atoms with Gasteiger partial charge in [-0.15, -0.1) is 0 Å². The van der Waals surface area contributed by atoms with Gasteiger partial charge in [0.25, 0.3) is 0 Å². The van der Waals surface area contributed by atoms with Crippen LogP contribution in [-0.2, 0) is 17.8 Å². The zero-order valence-corrected chi connectivity index (χ0v) is 14.0. The summed E-state index contributed by atoms with van der Waals surface area (Å²) in [4.78, 5) is 14.5. The Kier molecular flexibility index (Phi) is 5.26. The third-order valence-corrected chi connectivity index (χ3v) is 4.41. The lowest BCUT2D eigenvalue weighted by atomic mass is 10.1. The molecule has 0 saturated heterocycles. The SMILES string of the molecule is CCc1ccccc1NC(=O)CN(Cc1ccccc1F)C1CC1. The van der Waals surface area contributed by atoms with Crippen LogP contribution in [0.4, 0.5) is 10.1 Å². The summed E-state index contributed by atoms with van der Waals surface area (Å²) in [6, 6.07) is 15.0. The van der Waals surface area contributed by atoms with Crippen molar-refractivity contribution in [2.45, 2.75) is 38.8 Å². The fourth-order valence-electron chi connectivity index (χ4n) is 2.92. The first-order valence-electron chi connectivity index (χ1n) is 8.52. The summed E-state index contributed by atoms with van der Waals surface area (Å²) < 4.78 is 13.9. The van der Waals surface area contributed by atoms with Crippen LogP contribution in [0.1, 0.15) is 30.9 Å². The fourth-order valence-corrected chi connectivity index (χ4v) is 2.92. The summed E-state index contributed by atoms with van der Waals surface area (Å²) in [7, 11) is 0. The number of aryl methyl sites for hydroxylation is 1. The van der Waals surface area contributed by atoms with Crippen molar-refractivity contribution in [3.05, 3.63) is 65.5 Å². The molecule has 126 valence electrons. The highest BCUT2D eigenvalue weighted by Gasteiger charge is 2.30. The summed E-state index contributed by atoms with van der Waals surface area (Å²) in [6.45, 7) is 2.83. The van der Waals surface area contributed by atoms with Gasteiger partial charge in [0.2, 0.25) is 5.91 Å². The zero-order chi connectivity index (χ0) is 16.9. The zero-order valence-electron chi connectivity index (χ0n) is 14.0. The normalized spacial score (nSPS) is 14.0. The molecule has 0 aliphatic heterocycles. The molecule has 3 rings (SSSR count). The van der Waals surface area contributed by atoms with E-state index in [1.807, 2.05) is 30.3 Å². The Morgan fingerprint density at radius 3 is 2.46 bits per heavy atom. The highest BCUT2D eigenvalue weighted by molar-refractivity contribution is 5.93. The minimum Gasteiger partial charge on any atom is -0.325 e. The van der Waals surface area contributed by atoms with Crippen molar-refractivity contribution < 1.29 is 9.18 Å². The molecule has 3 nitrogen and oxygen atoms in total. The number of halogens is 1. The van der Waals surface area contributed by atoms with Gasteiger partial charge < -0.3 is 5.32 Å². The predicted octanol–water partition coefficient (Wildman–Crippen LogP) is 3.99. The highest BCUT2D eigenvalue weighted by atomic mass is 19.1. The maximum absolute atomic E-state index is 13.9. The van der Waals surface area contributed by atoms with Crippen LogP contribution in [0.5, 0.6) is 0 Å². The summed E-state index contributed by atoms with van der Waals surface area (Å²) in [5.74, 6) is -0.251. The number of nitrogens with zero attached hydrogens (tertiary/aromatic N) is 1. The van der Waals surface area contributed by atoms with E-state index in [2.05, 4.69) is 17.1 Å². The van der Waals surface area contributed by atoms with E-state index >= 15 is 0 Å². The van der Waals surface area contributed by atoms with E-state index in [1.165, 1.54) is 6.07 Å². The van der Waals surface area contributed by atoms with Crippen LogP contribution in [-0.4, -0.2) is 23.4 Å². The number of hydrogen-bond donors (Lipinski definition) is 1. The quantitative estimate of drug-likeness (QED) is 0.834. The van der Waals surface area contributed by atoms with Crippen molar-refractivity contribution >= 4 is 11.6 Å². The first-order valence-corrected chi connectivity index (χ1v) is 8.52. The Labute approximate surface area is 142 Å². The van der Waals surface area contributed by atoms with Crippen LogP contribution in [0.3, 0.4) is 0 Å². The number of benzene rings is 2. The lowest BCUT2D eigenvalue weighted by Gasteiger charge is -2.22. The fraction of sp³-hybridized carbons (Fsp3) is 0.350. The molecule has 2 aromatic carbocycles. The van der Waals surface area contributed by atoms with Crippen LogP contribution < -0.4 is 5.32 Å². The van der Waals surface area contributed by atoms with Gasteiger partial charge in [0, 0.05) is 23.8 Å². The van der Waals surface area contributed by atoms with Crippen molar-refractivity contribution in [2.24, 2.45) is 0 Å². The largest absolute Gasteiger partial charge is 0.325 e. The van der Waals surface area contributed by atoms with Crippen molar-refractivity contribution in [1.82, 2.24) is 4.90 Å². The molecular weight excluding hydrogens is 303 g/mol. The van der Waals surface area contributed by atoms with Gasteiger partial charge in [-0.25, -0.2) is 4.39 Å². The van der Waals surface area contributed by atoms with E-state index in [-0.39, 0.29) is 18.3 Å². The molecule has 2 aromatic rings. The molecule has 1 saturated carbocycles. The Morgan fingerprint density at radius 2 is 1.79 bits per heavy atom. The van der Waals surface area contributed by atoms with Crippen molar-refractivity contribution in [3.8, 4) is 0 Å². The molecule has 4 heteroatoms. The van der Waals surface area contributed by atoms with Gasteiger partial charge in [-0.2, -0.15) is 0 Å². The van der Waals surface area contributed by atoms with Gasteiger partial charge in [0.15, 0.2) is 0 Å². The second-order valence-electron chi connectivity index (χ2n) is 6.29. The Balaban J connectivity index is 1.65. The topological polar surface area (TPSA) is 32.3 Å². The van der Waals surface area contributed by atoms with Crippen molar-refractivity contribution in [1.29, 1.82) is 0 Å². The molecule has 0 radical (unpaired) electrons. The maximum atomic E-state index is 13.9. The Hall–Kier alpha value is -2.20. The number of anilines is 1. The number of rotatable bonds is 7. The van der Waals surface area contributed by atoms with Gasteiger partial charge in [0.1, 0.15) is 5.82 Å². The van der Waals surface area contributed by atoms with E-state index in [4.69, 9.17) is 0 Å². The molecule has 0 unspecified atom stereocenters. The third-order valence-electron chi connectivity index (χ3n) is 4.41.